The maximum absolute atomic E-state index is 12.1. The zero-order chi connectivity index (χ0) is 18.7. The molecule has 0 bridgehead atoms. The summed E-state index contributed by atoms with van der Waals surface area (Å²) < 4.78 is 4.96. The van der Waals surface area contributed by atoms with Crippen molar-refractivity contribution in [1.82, 2.24) is 0 Å². The molecule has 2 aromatic carbocycles. The summed E-state index contributed by atoms with van der Waals surface area (Å²) in [6, 6.07) is 6.23. The van der Waals surface area contributed by atoms with Gasteiger partial charge in [-0.3, -0.25) is 4.79 Å². The third-order valence-corrected chi connectivity index (χ3v) is 3.52. The molecule has 0 radical (unpaired) electrons. The van der Waals surface area contributed by atoms with Crippen LogP contribution in [0.4, 0.5) is 5.69 Å². The number of phenols is 3. The summed E-state index contributed by atoms with van der Waals surface area (Å²) in [5, 5.41) is 31.2. The predicted molar refractivity (Wildman–Crippen MR) is 91.4 cm³/mol. The first-order chi connectivity index (χ1) is 11.7. The number of anilines is 1. The van der Waals surface area contributed by atoms with Crippen LogP contribution in [0.3, 0.4) is 0 Å². The topological polar surface area (TPSA) is 116 Å². The minimum Gasteiger partial charge on any atom is -0.504 e. The highest BCUT2D eigenvalue weighted by atomic mass is 35.5. The van der Waals surface area contributed by atoms with Crippen LogP contribution in [0.1, 0.15) is 17.3 Å². The molecule has 0 heterocycles. The summed E-state index contributed by atoms with van der Waals surface area (Å²) in [6.07, 6.45) is -1.19. The van der Waals surface area contributed by atoms with Crippen LogP contribution in [0.25, 0.3) is 0 Å². The highest BCUT2D eigenvalue weighted by molar-refractivity contribution is 6.35. The fourth-order valence-electron chi connectivity index (χ4n) is 1.87. The van der Waals surface area contributed by atoms with E-state index in [1.54, 1.807) is 0 Å². The van der Waals surface area contributed by atoms with E-state index in [1.807, 2.05) is 0 Å². The lowest BCUT2D eigenvalue weighted by Crippen LogP contribution is -2.30. The van der Waals surface area contributed by atoms with Crippen LogP contribution in [0.15, 0.2) is 30.3 Å². The van der Waals surface area contributed by atoms with Gasteiger partial charge in [0.1, 0.15) is 0 Å². The van der Waals surface area contributed by atoms with Gasteiger partial charge in [-0.1, -0.05) is 23.2 Å². The van der Waals surface area contributed by atoms with Gasteiger partial charge < -0.3 is 25.4 Å². The van der Waals surface area contributed by atoms with Gasteiger partial charge in [0, 0.05) is 15.7 Å². The summed E-state index contributed by atoms with van der Waals surface area (Å²) in [7, 11) is 0. The Labute approximate surface area is 152 Å². The molecule has 0 spiro atoms. The molecule has 0 aromatic heterocycles. The number of aromatic hydroxyl groups is 3. The molecule has 0 saturated carbocycles. The first kappa shape index (κ1) is 18.7. The van der Waals surface area contributed by atoms with Gasteiger partial charge in [0.2, 0.25) is 0 Å². The molecule has 2 rings (SSSR count). The number of hydrogen-bond donors (Lipinski definition) is 4. The van der Waals surface area contributed by atoms with E-state index in [1.165, 1.54) is 25.1 Å². The molecule has 0 saturated heterocycles. The number of esters is 1. The number of phenolic OH excluding ortho intramolecular Hbond substituents is 3. The molecule has 9 heteroatoms. The molecule has 0 fully saturated rings. The molecule has 1 amide bonds. The van der Waals surface area contributed by atoms with E-state index in [0.717, 1.165) is 12.1 Å². The summed E-state index contributed by atoms with van der Waals surface area (Å²) in [5.74, 6) is -3.77. The summed E-state index contributed by atoms with van der Waals surface area (Å²) >= 11 is 11.7. The van der Waals surface area contributed by atoms with E-state index in [-0.39, 0.29) is 5.56 Å². The third kappa shape index (κ3) is 4.68. The number of ether oxygens (including phenoxy) is 1. The highest BCUT2D eigenvalue weighted by Crippen LogP contribution is 2.35. The van der Waals surface area contributed by atoms with Crippen LogP contribution in [0, 0.1) is 0 Å². The molecule has 2 aromatic rings. The minimum absolute atomic E-state index is 0.238. The van der Waals surface area contributed by atoms with E-state index in [2.05, 4.69) is 5.32 Å². The van der Waals surface area contributed by atoms with E-state index >= 15 is 0 Å². The van der Waals surface area contributed by atoms with Crippen molar-refractivity contribution in [3.63, 3.8) is 0 Å². The maximum atomic E-state index is 12.1. The predicted octanol–water partition coefficient (Wildman–Crippen LogP) is 3.29. The molecule has 132 valence electrons. The van der Waals surface area contributed by atoms with Crippen LogP contribution < -0.4 is 5.32 Å². The van der Waals surface area contributed by atoms with E-state index < -0.39 is 35.2 Å². The normalized spacial score (nSPS) is 11.6. The fraction of sp³-hybridized carbons (Fsp3) is 0.125. The quantitative estimate of drug-likeness (QED) is 0.473. The molecule has 25 heavy (non-hydrogen) atoms. The van der Waals surface area contributed by atoms with Crippen LogP contribution in [-0.2, 0) is 9.53 Å². The number of amides is 1. The molecular weight excluding hydrogens is 373 g/mol. The molecule has 0 aliphatic carbocycles. The van der Waals surface area contributed by atoms with Crippen LogP contribution in [0.5, 0.6) is 17.2 Å². The maximum Gasteiger partial charge on any atom is 0.339 e. The lowest BCUT2D eigenvalue weighted by molar-refractivity contribution is -0.123. The number of carbonyl (C=O) groups is 2. The van der Waals surface area contributed by atoms with Gasteiger partial charge in [0.15, 0.2) is 23.4 Å². The molecule has 0 aliphatic heterocycles. The summed E-state index contributed by atoms with van der Waals surface area (Å²) in [5.41, 5.74) is 0.0866. The second kappa shape index (κ2) is 7.50. The molecule has 1 unspecified atom stereocenters. The standard InChI is InChI=1S/C16H13Cl2NO6/c1-7(15(23)19-11-5-9(17)4-10(18)6-11)25-16(24)8-2-12(20)14(22)13(21)3-8/h2-7,20-22H,1H3,(H,19,23). The van der Waals surface area contributed by atoms with Crippen molar-refractivity contribution >= 4 is 40.8 Å². The molecule has 4 N–H and O–H groups in total. The first-order valence-electron chi connectivity index (χ1n) is 6.90. The number of hydrogen-bond acceptors (Lipinski definition) is 6. The van der Waals surface area contributed by atoms with Crippen LogP contribution in [0.2, 0.25) is 10.0 Å². The van der Waals surface area contributed by atoms with E-state index in [0.29, 0.717) is 15.7 Å². The molecule has 1 atom stereocenters. The van der Waals surface area contributed by atoms with Crippen LogP contribution >= 0.6 is 23.2 Å². The van der Waals surface area contributed by atoms with Crippen molar-refractivity contribution in [2.45, 2.75) is 13.0 Å². The van der Waals surface area contributed by atoms with Gasteiger partial charge in [0.25, 0.3) is 5.91 Å². The van der Waals surface area contributed by atoms with Crippen molar-refractivity contribution < 1.29 is 29.6 Å². The Bertz CT molecular complexity index is 796. The third-order valence-electron chi connectivity index (χ3n) is 3.09. The molecular formula is C16H13Cl2NO6. The van der Waals surface area contributed by atoms with Gasteiger partial charge in [-0.15, -0.1) is 0 Å². The molecule has 7 nitrogen and oxygen atoms in total. The number of halogens is 2. The average Bonchev–Trinajstić information content (AvgIpc) is 2.50. The van der Waals surface area contributed by atoms with E-state index in [9.17, 15) is 24.9 Å². The Balaban J connectivity index is 2.06. The Kier molecular flexibility index (Phi) is 5.61. The Hall–Kier alpha value is -2.64. The van der Waals surface area contributed by atoms with Crippen molar-refractivity contribution in [3.8, 4) is 17.2 Å². The second-order valence-corrected chi connectivity index (χ2v) is 5.93. The number of rotatable bonds is 4. The Morgan fingerprint density at radius 1 is 1.00 bits per heavy atom. The average molecular weight is 386 g/mol. The van der Waals surface area contributed by atoms with Gasteiger partial charge in [-0.2, -0.15) is 0 Å². The van der Waals surface area contributed by atoms with Crippen molar-refractivity contribution in [2.24, 2.45) is 0 Å². The van der Waals surface area contributed by atoms with Gasteiger partial charge >= 0.3 is 5.97 Å². The smallest absolute Gasteiger partial charge is 0.339 e. The largest absolute Gasteiger partial charge is 0.504 e. The second-order valence-electron chi connectivity index (χ2n) is 5.06. The van der Waals surface area contributed by atoms with Gasteiger partial charge in [-0.05, 0) is 37.3 Å². The van der Waals surface area contributed by atoms with Crippen molar-refractivity contribution in [2.75, 3.05) is 5.32 Å². The Morgan fingerprint density at radius 3 is 2.04 bits per heavy atom. The van der Waals surface area contributed by atoms with Gasteiger partial charge in [0.05, 0.1) is 5.56 Å². The van der Waals surface area contributed by atoms with Crippen LogP contribution in [-0.4, -0.2) is 33.3 Å². The number of carbonyl (C=O) groups excluding carboxylic acids is 2. The van der Waals surface area contributed by atoms with Gasteiger partial charge in [-0.25, -0.2) is 4.79 Å². The number of nitrogens with one attached hydrogen (secondary N) is 1. The van der Waals surface area contributed by atoms with Crippen molar-refractivity contribution in [1.29, 1.82) is 0 Å². The first-order valence-corrected chi connectivity index (χ1v) is 7.66. The fourth-order valence-corrected chi connectivity index (χ4v) is 2.40. The monoisotopic (exact) mass is 385 g/mol. The highest BCUT2D eigenvalue weighted by Gasteiger charge is 2.21. The lowest BCUT2D eigenvalue weighted by Gasteiger charge is -2.14. The number of benzene rings is 2. The SMILES string of the molecule is CC(OC(=O)c1cc(O)c(O)c(O)c1)C(=O)Nc1cc(Cl)cc(Cl)c1. The summed E-state index contributed by atoms with van der Waals surface area (Å²) in [4.78, 5) is 24.1. The minimum atomic E-state index is -1.19. The zero-order valence-corrected chi connectivity index (χ0v) is 14.3. The van der Waals surface area contributed by atoms with Crippen molar-refractivity contribution in [3.05, 3.63) is 45.9 Å². The Morgan fingerprint density at radius 2 is 1.52 bits per heavy atom. The van der Waals surface area contributed by atoms with E-state index in [4.69, 9.17) is 27.9 Å². The lowest BCUT2D eigenvalue weighted by atomic mass is 10.2. The molecule has 0 aliphatic rings. The summed E-state index contributed by atoms with van der Waals surface area (Å²) in [6.45, 7) is 1.33. The zero-order valence-electron chi connectivity index (χ0n) is 12.8.